The molecule has 6 nitrogen and oxygen atoms in total. The summed E-state index contributed by atoms with van der Waals surface area (Å²) < 4.78 is 5.50. The van der Waals surface area contributed by atoms with Gasteiger partial charge in [0.15, 0.2) is 0 Å². The molecule has 0 aliphatic heterocycles. The Labute approximate surface area is 468 Å². The largest absolute Gasteiger partial charge is 0.466 e. The Kier molecular flexibility index (Phi) is 63.0. The molecule has 442 valence electrons. The summed E-state index contributed by atoms with van der Waals surface area (Å²) in [5.74, 6) is -0.0407. The van der Waals surface area contributed by atoms with Crippen LogP contribution in [0.4, 0.5) is 0 Å². The van der Waals surface area contributed by atoms with Gasteiger partial charge >= 0.3 is 5.97 Å². The van der Waals surface area contributed by atoms with E-state index in [1.807, 2.05) is 0 Å². The zero-order chi connectivity index (χ0) is 54.3. The van der Waals surface area contributed by atoms with Crippen LogP contribution in [0.5, 0.6) is 0 Å². The Bertz CT molecular complexity index is 1210. The number of carbonyl (C=O) groups is 2. The molecule has 0 bridgehead atoms. The number of esters is 1. The van der Waals surface area contributed by atoms with Crippen LogP contribution in [0.1, 0.15) is 367 Å². The molecule has 0 aliphatic rings. The van der Waals surface area contributed by atoms with Gasteiger partial charge in [-0.15, -0.1) is 0 Å². The van der Waals surface area contributed by atoms with E-state index >= 15 is 0 Å². The highest BCUT2D eigenvalue weighted by atomic mass is 16.5. The van der Waals surface area contributed by atoms with Gasteiger partial charge in [0.25, 0.3) is 0 Å². The Balaban J connectivity index is 3.43. The molecule has 0 aliphatic carbocycles. The number of nitrogens with one attached hydrogen (secondary N) is 1. The average Bonchev–Trinajstić information content (AvgIpc) is 3.41. The van der Waals surface area contributed by atoms with E-state index in [1.165, 1.54) is 283 Å². The third-order valence-electron chi connectivity index (χ3n) is 15.7. The molecule has 0 radical (unpaired) electrons. The minimum atomic E-state index is -0.672. The lowest BCUT2D eigenvalue weighted by atomic mass is 10.0. The fourth-order valence-corrected chi connectivity index (χ4v) is 10.5. The fourth-order valence-electron chi connectivity index (χ4n) is 10.5. The molecule has 0 heterocycles. The fraction of sp³-hybridized carbons (Fsp3) is 0.884. The van der Waals surface area contributed by atoms with Crippen molar-refractivity contribution in [1.29, 1.82) is 0 Å². The first kappa shape index (κ1) is 73.1. The molecule has 0 aromatic rings. The SMILES string of the molecule is CCCCC/C=C\C/C=C\CCCCCCCCCCCC(=O)OCCCCCCCCCC/C=C\CCCCCCCCCC(=O)NC(CO)C(O)CCCCCCCCCCCCCCCCCCCCCC. The molecule has 0 fully saturated rings. The van der Waals surface area contributed by atoms with Crippen molar-refractivity contribution in [2.75, 3.05) is 13.2 Å². The summed E-state index contributed by atoms with van der Waals surface area (Å²) in [5.41, 5.74) is 0. The van der Waals surface area contributed by atoms with Gasteiger partial charge in [-0.2, -0.15) is 0 Å². The number of allylic oxidation sites excluding steroid dienone is 6. The lowest BCUT2D eigenvalue weighted by Crippen LogP contribution is -2.45. The third kappa shape index (κ3) is 61.2. The highest BCUT2D eigenvalue weighted by Gasteiger charge is 2.20. The average molecular weight is 1050 g/mol. The maximum Gasteiger partial charge on any atom is 0.305 e. The van der Waals surface area contributed by atoms with Crippen LogP contribution in [0.3, 0.4) is 0 Å². The van der Waals surface area contributed by atoms with Crippen LogP contribution >= 0.6 is 0 Å². The number of rotatable bonds is 63. The minimum absolute atomic E-state index is 0.000821. The zero-order valence-corrected chi connectivity index (χ0v) is 50.5. The molecule has 75 heavy (non-hydrogen) atoms. The van der Waals surface area contributed by atoms with Crippen molar-refractivity contribution in [3.8, 4) is 0 Å². The molecule has 0 spiro atoms. The molecular weight excluding hydrogens is 923 g/mol. The van der Waals surface area contributed by atoms with Gasteiger partial charge in [0.1, 0.15) is 0 Å². The van der Waals surface area contributed by atoms with Crippen LogP contribution < -0.4 is 5.32 Å². The second-order valence-electron chi connectivity index (χ2n) is 23.1. The predicted molar refractivity (Wildman–Crippen MR) is 329 cm³/mol. The van der Waals surface area contributed by atoms with Crippen LogP contribution in [0.25, 0.3) is 0 Å². The molecule has 0 rings (SSSR count). The van der Waals surface area contributed by atoms with Gasteiger partial charge < -0.3 is 20.3 Å². The number of hydrogen-bond donors (Lipinski definition) is 3. The highest BCUT2D eigenvalue weighted by Crippen LogP contribution is 2.18. The molecule has 1 amide bonds. The second kappa shape index (κ2) is 64.6. The summed E-state index contributed by atoms with van der Waals surface area (Å²) in [6.45, 7) is 4.94. The zero-order valence-electron chi connectivity index (χ0n) is 50.5. The van der Waals surface area contributed by atoms with Crippen LogP contribution in [0, 0.1) is 0 Å². The summed E-state index contributed by atoms with van der Waals surface area (Å²) in [6, 6.07) is -0.550. The summed E-state index contributed by atoms with van der Waals surface area (Å²) >= 11 is 0. The Morgan fingerprint density at radius 2 is 0.667 bits per heavy atom. The van der Waals surface area contributed by atoms with Crippen molar-refractivity contribution < 1.29 is 24.5 Å². The molecule has 6 heteroatoms. The normalized spacial score (nSPS) is 12.7. The van der Waals surface area contributed by atoms with Crippen LogP contribution in [-0.2, 0) is 14.3 Å². The molecule has 0 aromatic heterocycles. The lowest BCUT2D eigenvalue weighted by Gasteiger charge is -2.22. The first-order valence-electron chi connectivity index (χ1n) is 33.7. The highest BCUT2D eigenvalue weighted by molar-refractivity contribution is 5.76. The van der Waals surface area contributed by atoms with E-state index in [2.05, 4.69) is 55.6 Å². The minimum Gasteiger partial charge on any atom is -0.466 e. The van der Waals surface area contributed by atoms with Gasteiger partial charge in [0.05, 0.1) is 25.4 Å². The first-order chi connectivity index (χ1) is 37.0. The van der Waals surface area contributed by atoms with E-state index < -0.39 is 12.1 Å². The van der Waals surface area contributed by atoms with Gasteiger partial charge in [-0.05, 0) is 83.5 Å². The van der Waals surface area contributed by atoms with Crippen LogP contribution in [0.15, 0.2) is 36.5 Å². The number of aliphatic hydroxyl groups is 2. The third-order valence-corrected chi connectivity index (χ3v) is 15.7. The Morgan fingerprint density at radius 1 is 0.373 bits per heavy atom. The van der Waals surface area contributed by atoms with Gasteiger partial charge in [0, 0.05) is 12.8 Å². The molecule has 2 unspecified atom stereocenters. The second-order valence-corrected chi connectivity index (χ2v) is 23.1. The molecule has 0 saturated carbocycles. The monoisotopic (exact) mass is 1050 g/mol. The molecule has 0 saturated heterocycles. The maximum atomic E-state index is 12.5. The molecule has 3 N–H and O–H groups in total. The molecule has 2 atom stereocenters. The van der Waals surface area contributed by atoms with E-state index in [9.17, 15) is 19.8 Å². The Hall–Kier alpha value is -1.92. The summed E-state index contributed by atoms with van der Waals surface area (Å²) in [7, 11) is 0. The topological polar surface area (TPSA) is 95.9 Å². The van der Waals surface area contributed by atoms with E-state index in [1.54, 1.807) is 0 Å². The predicted octanol–water partition coefficient (Wildman–Crippen LogP) is 21.5. The summed E-state index contributed by atoms with van der Waals surface area (Å²) in [6.07, 6.45) is 81.6. The maximum absolute atomic E-state index is 12.5. The van der Waals surface area contributed by atoms with E-state index in [0.29, 0.717) is 25.9 Å². The van der Waals surface area contributed by atoms with Crippen molar-refractivity contribution in [1.82, 2.24) is 5.32 Å². The quantitative estimate of drug-likeness (QED) is 0.0320. The van der Waals surface area contributed by atoms with Crippen molar-refractivity contribution in [3.05, 3.63) is 36.5 Å². The van der Waals surface area contributed by atoms with E-state index in [-0.39, 0.29) is 18.5 Å². The number of carbonyl (C=O) groups excluding carboxylic acids is 2. The van der Waals surface area contributed by atoms with Crippen molar-refractivity contribution in [2.24, 2.45) is 0 Å². The molecular formula is C69H131NO5. The van der Waals surface area contributed by atoms with Crippen molar-refractivity contribution in [2.45, 2.75) is 379 Å². The number of amides is 1. The Morgan fingerprint density at radius 3 is 1.05 bits per heavy atom. The number of aliphatic hydroxyl groups excluding tert-OH is 2. The van der Waals surface area contributed by atoms with Gasteiger partial charge in [-0.25, -0.2) is 0 Å². The smallest absolute Gasteiger partial charge is 0.305 e. The summed E-state index contributed by atoms with van der Waals surface area (Å²) in [4.78, 5) is 24.6. The van der Waals surface area contributed by atoms with Gasteiger partial charge in [-0.3, -0.25) is 9.59 Å². The first-order valence-corrected chi connectivity index (χ1v) is 33.7. The van der Waals surface area contributed by atoms with Crippen LogP contribution in [-0.4, -0.2) is 47.4 Å². The van der Waals surface area contributed by atoms with Crippen molar-refractivity contribution >= 4 is 11.9 Å². The lowest BCUT2D eigenvalue weighted by molar-refractivity contribution is -0.143. The van der Waals surface area contributed by atoms with Gasteiger partial charge in [0.2, 0.25) is 5.91 Å². The molecule has 0 aromatic carbocycles. The van der Waals surface area contributed by atoms with Crippen molar-refractivity contribution in [3.63, 3.8) is 0 Å². The van der Waals surface area contributed by atoms with Gasteiger partial charge in [-0.1, -0.05) is 307 Å². The number of unbranched alkanes of at least 4 members (excludes halogenated alkanes) is 46. The number of ether oxygens (including phenoxy) is 1. The number of hydrogen-bond acceptors (Lipinski definition) is 5. The standard InChI is InChI=1S/C69H131NO5/c1-3-5-7-9-11-13-15-17-19-21-23-26-29-33-37-41-45-49-53-57-61-67(72)66(65-71)70-68(73)62-58-54-50-46-42-38-34-30-27-24-28-32-36-40-44-48-52-56-60-64-75-69(74)63-59-55-51-47-43-39-35-31-25-22-20-18-16-14-12-10-8-6-4-2/h12,14,18,20,24,27,66-67,71-72H,3-11,13,15-17,19,21-23,25-26,28-65H2,1-2H3,(H,70,73)/b14-12-,20-18-,27-24-. The van der Waals surface area contributed by atoms with E-state index in [4.69, 9.17) is 4.74 Å². The van der Waals surface area contributed by atoms with E-state index in [0.717, 1.165) is 51.4 Å². The van der Waals surface area contributed by atoms with Crippen LogP contribution in [0.2, 0.25) is 0 Å². The summed E-state index contributed by atoms with van der Waals surface area (Å²) in [5, 5.41) is 23.4.